The lowest BCUT2D eigenvalue weighted by atomic mass is 10.1. The van der Waals surface area contributed by atoms with Crippen molar-refractivity contribution < 1.29 is 9.59 Å². The van der Waals surface area contributed by atoms with Gasteiger partial charge in [0.05, 0.1) is 5.69 Å². The summed E-state index contributed by atoms with van der Waals surface area (Å²) in [6, 6.07) is 13.6. The van der Waals surface area contributed by atoms with Crippen LogP contribution in [-0.2, 0) is 0 Å². The van der Waals surface area contributed by atoms with E-state index in [9.17, 15) is 9.59 Å². The number of nitrogens with one attached hydrogen (secondary N) is 1. The Labute approximate surface area is 163 Å². The normalized spacial score (nSPS) is 19.5. The van der Waals surface area contributed by atoms with Gasteiger partial charge in [-0.1, -0.05) is 19.1 Å². The Morgan fingerprint density at radius 3 is 2.70 bits per heavy atom. The summed E-state index contributed by atoms with van der Waals surface area (Å²) in [6.45, 7) is 6.17. The summed E-state index contributed by atoms with van der Waals surface area (Å²) in [5, 5.41) is 3.29. The van der Waals surface area contributed by atoms with Crippen LogP contribution in [0.25, 0.3) is 0 Å². The molecule has 2 aromatic rings. The molecule has 4 rings (SSSR count). The van der Waals surface area contributed by atoms with Crippen LogP contribution >= 0.6 is 11.8 Å². The molecule has 1 fully saturated rings. The number of urea groups is 1. The fourth-order valence-electron chi connectivity index (χ4n) is 3.65. The lowest BCUT2D eigenvalue weighted by Crippen LogP contribution is -2.32. The highest BCUT2D eigenvalue weighted by Crippen LogP contribution is 2.38. The van der Waals surface area contributed by atoms with E-state index in [1.807, 2.05) is 60.0 Å². The van der Waals surface area contributed by atoms with Gasteiger partial charge >= 0.3 is 6.03 Å². The molecule has 27 heavy (non-hydrogen) atoms. The fraction of sp³-hybridized carbons (Fsp3) is 0.333. The number of benzene rings is 2. The van der Waals surface area contributed by atoms with Crippen LogP contribution in [-0.4, -0.2) is 36.8 Å². The van der Waals surface area contributed by atoms with Gasteiger partial charge in [0.15, 0.2) is 0 Å². The molecule has 2 aliphatic rings. The third kappa shape index (κ3) is 3.41. The van der Waals surface area contributed by atoms with Crippen LogP contribution in [0, 0.1) is 6.92 Å². The zero-order valence-corrected chi connectivity index (χ0v) is 16.4. The van der Waals surface area contributed by atoms with E-state index < -0.39 is 0 Å². The predicted molar refractivity (Wildman–Crippen MR) is 110 cm³/mol. The van der Waals surface area contributed by atoms with Gasteiger partial charge in [-0.25, -0.2) is 4.79 Å². The molecule has 0 bridgehead atoms. The highest BCUT2D eigenvalue weighted by molar-refractivity contribution is 8.00. The second kappa shape index (κ2) is 7.27. The summed E-state index contributed by atoms with van der Waals surface area (Å²) < 4.78 is 0. The van der Waals surface area contributed by atoms with Crippen molar-refractivity contribution in [3.05, 3.63) is 53.6 Å². The molecule has 1 N–H and O–H groups in total. The average Bonchev–Trinajstić information content (AvgIpc) is 3.00. The fourth-order valence-corrected chi connectivity index (χ4v) is 4.76. The molecule has 0 aliphatic carbocycles. The van der Waals surface area contributed by atoms with Gasteiger partial charge in [0.25, 0.3) is 5.91 Å². The van der Waals surface area contributed by atoms with Crippen LogP contribution in [0.4, 0.5) is 16.2 Å². The minimum atomic E-state index is -0.0790. The van der Waals surface area contributed by atoms with Gasteiger partial charge in [0, 0.05) is 41.0 Å². The van der Waals surface area contributed by atoms with E-state index in [1.165, 1.54) is 0 Å². The predicted octanol–water partition coefficient (Wildman–Crippen LogP) is 4.06. The van der Waals surface area contributed by atoms with Crippen LogP contribution in [0.5, 0.6) is 0 Å². The molecule has 2 heterocycles. The van der Waals surface area contributed by atoms with Crippen molar-refractivity contribution in [1.82, 2.24) is 5.32 Å². The van der Waals surface area contributed by atoms with Crippen LogP contribution < -0.4 is 15.1 Å². The highest BCUT2D eigenvalue weighted by atomic mass is 32.2. The molecule has 1 saturated heterocycles. The molecule has 1 atom stereocenters. The molecule has 6 heteroatoms. The molecular weight excluding hydrogens is 358 g/mol. The maximum atomic E-state index is 13.3. The summed E-state index contributed by atoms with van der Waals surface area (Å²) in [6.07, 6.45) is 0.954. The molecule has 0 spiro atoms. The summed E-state index contributed by atoms with van der Waals surface area (Å²) in [5.74, 6) is 0.0117. The van der Waals surface area contributed by atoms with E-state index in [1.54, 1.807) is 4.90 Å². The Balaban J connectivity index is 1.65. The number of aryl methyl sites for hydroxylation is 1. The number of thioether (sulfide) groups is 1. The maximum Gasteiger partial charge on any atom is 0.322 e. The Morgan fingerprint density at radius 1 is 1.15 bits per heavy atom. The van der Waals surface area contributed by atoms with Crippen molar-refractivity contribution in [1.29, 1.82) is 0 Å². The van der Waals surface area contributed by atoms with Crippen molar-refractivity contribution in [2.24, 2.45) is 0 Å². The quantitative estimate of drug-likeness (QED) is 0.854. The third-order valence-corrected chi connectivity index (χ3v) is 6.32. The van der Waals surface area contributed by atoms with E-state index in [-0.39, 0.29) is 11.9 Å². The third-order valence-electron chi connectivity index (χ3n) is 5.08. The van der Waals surface area contributed by atoms with Crippen molar-refractivity contribution in [3.63, 3.8) is 0 Å². The molecule has 0 saturated carbocycles. The van der Waals surface area contributed by atoms with Crippen molar-refractivity contribution in [2.75, 3.05) is 29.4 Å². The van der Waals surface area contributed by atoms with Crippen LogP contribution in [0.15, 0.2) is 47.4 Å². The van der Waals surface area contributed by atoms with Gasteiger partial charge in [0.1, 0.15) is 0 Å². The summed E-state index contributed by atoms with van der Waals surface area (Å²) in [7, 11) is 0. The van der Waals surface area contributed by atoms with E-state index in [0.29, 0.717) is 30.4 Å². The van der Waals surface area contributed by atoms with Gasteiger partial charge < -0.3 is 10.2 Å². The SMILES string of the molecule is Cc1cc(C(=O)N2CC[C@@H](C)Sc3ccccc32)ccc1N1CCNC1=O. The molecule has 0 radical (unpaired) electrons. The lowest BCUT2D eigenvalue weighted by Gasteiger charge is -2.24. The number of carbonyl (C=O) groups is 2. The van der Waals surface area contributed by atoms with Crippen LogP contribution in [0.1, 0.15) is 29.3 Å². The molecule has 3 amide bonds. The van der Waals surface area contributed by atoms with Gasteiger partial charge in [-0.05, 0) is 49.2 Å². The smallest absolute Gasteiger partial charge is 0.322 e. The van der Waals surface area contributed by atoms with Crippen LogP contribution in [0.3, 0.4) is 0 Å². The van der Waals surface area contributed by atoms with Crippen molar-refractivity contribution in [3.8, 4) is 0 Å². The molecule has 0 unspecified atom stereocenters. The van der Waals surface area contributed by atoms with E-state index in [4.69, 9.17) is 0 Å². The summed E-state index contributed by atoms with van der Waals surface area (Å²) >= 11 is 1.83. The first-order valence-corrected chi connectivity index (χ1v) is 10.2. The first-order chi connectivity index (χ1) is 13.0. The molecule has 140 valence electrons. The Morgan fingerprint density at radius 2 is 1.96 bits per heavy atom. The highest BCUT2D eigenvalue weighted by Gasteiger charge is 2.27. The summed E-state index contributed by atoms with van der Waals surface area (Å²) in [5.41, 5.74) is 3.44. The first-order valence-electron chi connectivity index (χ1n) is 9.28. The van der Waals surface area contributed by atoms with Crippen molar-refractivity contribution >= 4 is 35.1 Å². The van der Waals surface area contributed by atoms with Gasteiger partial charge in [-0.3, -0.25) is 9.69 Å². The van der Waals surface area contributed by atoms with Gasteiger partial charge in [-0.15, -0.1) is 11.8 Å². The summed E-state index contributed by atoms with van der Waals surface area (Å²) in [4.78, 5) is 30.0. The number of para-hydroxylation sites is 1. The number of hydrogen-bond acceptors (Lipinski definition) is 3. The number of hydrogen-bond donors (Lipinski definition) is 1. The average molecular weight is 382 g/mol. The molecule has 2 aromatic carbocycles. The Hall–Kier alpha value is -2.47. The number of amides is 3. The molecule has 2 aliphatic heterocycles. The topological polar surface area (TPSA) is 52.7 Å². The second-order valence-corrected chi connectivity index (χ2v) is 8.51. The number of nitrogens with zero attached hydrogens (tertiary/aromatic N) is 2. The number of carbonyl (C=O) groups excluding carboxylic acids is 2. The van der Waals surface area contributed by atoms with Crippen LogP contribution in [0.2, 0.25) is 0 Å². The largest absolute Gasteiger partial charge is 0.336 e. The van der Waals surface area contributed by atoms with E-state index >= 15 is 0 Å². The number of fused-ring (bicyclic) bond motifs is 1. The monoisotopic (exact) mass is 381 g/mol. The van der Waals surface area contributed by atoms with Gasteiger partial charge in [0.2, 0.25) is 0 Å². The second-order valence-electron chi connectivity index (χ2n) is 7.03. The Kier molecular flexibility index (Phi) is 4.83. The minimum Gasteiger partial charge on any atom is -0.336 e. The number of anilines is 2. The minimum absolute atomic E-state index is 0.0117. The Bertz CT molecular complexity index is 899. The number of rotatable bonds is 2. The standard InChI is InChI=1S/C21H23N3O2S/c1-14-13-16(7-8-17(14)24-12-10-22-21(24)26)20(25)23-11-9-15(2)27-19-6-4-3-5-18(19)23/h3-8,13,15H,9-12H2,1-2H3,(H,22,26)/t15-/m1/s1. The first kappa shape index (κ1) is 17.9. The van der Waals surface area contributed by atoms with Gasteiger partial charge in [-0.2, -0.15) is 0 Å². The van der Waals surface area contributed by atoms with E-state index in [0.717, 1.165) is 28.3 Å². The lowest BCUT2D eigenvalue weighted by molar-refractivity contribution is 0.0986. The molecular formula is C21H23N3O2S. The molecule has 0 aromatic heterocycles. The zero-order valence-electron chi connectivity index (χ0n) is 15.6. The van der Waals surface area contributed by atoms with E-state index in [2.05, 4.69) is 18.3 Å². The molecule has 5 nitrogen and oxygen atoms in total. The van der Waals surface area contributed by atoms with Crippen molar-refractivity contribution in [2.45, 2.75) is 30.4 Å². The zero-order chi connectivity index (χ0) is 19.0. The maximum absolute atomic E-state index is 13.3.